The van der Waals surface area contributed by atoms with Gasteiger partial charge in [-0.3, -0.25) is 0 Å². The van der Waals surface area contributed by atoms with Crippen molar-refractivity contribution in [3.63, 3.8) is 0 Å². The zero-order valence-corrected chi connectivity index (χ0v) is 11.1. The molecule has 4 nitrogen and oxygen atoms in total. The maximum absolute atomic E-state index is 12.1. The molecule has 102 valence electrons. The van der Waals surface area contributed by atoms with Gasteiger partial charge in [0.25, 0.3) is 0 Å². The zero-order chi connectivity index (χ0) is 13.9. The summed E-state index contributed by atoms with van der Waals surface area (Å²) >= 11 is 3.24. The Morgan fingerprint density at radius 3 is 2.74 bits per heavy atom. The topological polar surface area (TPSA) is 39.9 Å². The van der Waals surface area contributed by atoms with Crippen molar-refractivity contribution in [2.24, 2.45) is 0 Å². The van der Waals surface area contributed by atoms with Crippen molar-refractivity contribution in [1.82, 2.24) is 14.8 Å². The fourth-order valence-electron chi connectivity index (χ4n) is 1.44. The van der Waals surface area contributed by atoms with E-state index >= 15 is 0 Å². The fraction of sp³-hybridized carbons (Fsp3) is 0.273. The minimum atomic E-state index is -4.36. The molecule has 0 aliphatic carbocycles. The monoisotopic (exact) mass is 335 g/mol. The highest BCUT2D eigenvalue weighted by atomic mass is 79.9. The summed E-state index contributed by atoms with van der Waals surface area (Å²) < 4.78 is 43.1. The third-order valence-electron chi connectivity index (χ3n) is 2.23. The summed E-state index contributed by atoms with van der Waals surface area (Å²) in [5.74, 6) is 0.148. The van der Waals surface area contributed by atoms with Gasteiger partial charge in [0.1, 0.15) is 18.4 Å². The summed E-state index contributed by atoms with van der Waals surface area (Å²) in [5.41, 5.74) is 0.755. The van der Waals surface area contributed by atoms with Gasteiger partial charge in [0, 0.05) is 0 Å². The third kappa shape index (κ3) is 3.95. The summed E-state index contributed by atoms with van der Waals surface area (Å²) in [6.45, 7) is -0.928. The number of halogens is 4. The highest BCUT2D eigenvalue weighted by Gasteiger charge is 2.28. The molecule has 0 spiro atoms. The van der Waals surface area contributed by atoms with Crippen LogP contribution in [0.2, 0.25) is 0 Å². The summed E-state index contributed by atoms with van der Waals surface area (Å²) in [5, 5.41) is 3.93. The molecule has 0 aliphatic rings. The first-order valence-corrected chi connectivity index (χ1v) is 6.04. The van der Waals surface area contributed by atoms with Crippen LogP contribution in [0.5, 0.6) is 5.75 Å². The van der Waals surface area contributed by atoms with Crippen molar-refractivity contribution < 1.29 is 17.9 Å². The Morgan fingerprint density at radius 1 is 1.32 bits per heavy atom. The molecule has 1 aromatic carbocycles. The van der Waals surface area contributed by atoms with Crippen LogP contribution in [0.1, 0.15) is 5.56 Å². The number of benzene rings is 1. The molecule has 2 aromatic rings. The molecule has 0 saturated carbocycles. The highest BCUT2D eigenvalue weighted by Crippen LogP contribution is 2.30. The van der Waals surface area contributed by atoms with Crippen LogP contribution in [0.3, 0.4) is 0 Å². The molecule has 0 N–H and O–H groups in total. The van der Waals surface area contributed by atoms with Crippen LogP contribution in [0, 0.1) is 0 Å². The SMILES string of the molecule is FC(F)(F)COc1cccc(Cn2cncn2)c1Br. The lowest BCUT2D eigenvalue weighted by molar-refractivity contribution is -0.153. The predicted octanol–water partition coefficient (Wildman–Crippen LogP) is 3.03. The molecule has 0 unspecified atom stereocenters. The normalized spacial score (nSPS) is 11.6. The zero-order valence-electron chi connectivity index (χ0n) is 9.56. The molecule has 8 heteroatoms. The molecule has 0 amide bonds. The van der Waals surface area contributed by atoms with Gasteiger partial charge in [-0.2, -0.15) is 18.3 Å². The molecule has 2 rings (SSSR count). The Morgan fingerprint density at radius 2 is 2.11 bits per heavy atom. The fourth-order valence-corrected chi connectivity index (χ4v) is 1.94. The Balaban J connectivity index is 2.13. The van der Waals surface area contributed by atoms with Gasteiger partial charge >= 0.3 is 6.18 Å². The number of nitrogens with zero attached hydrogens (tertiary/aromatic N) is 3. The molecular formula is C11H9BrF3N3O. The van der Waals surface area contributed by atoms with E-state index in [9.17, 15) is 13.2 Å². The van der Waals surface area contributed by atoms with E-state index in [0.717, 1.165) is 5.56 Å². The molecular weight excluding hydrogens is 327 g/mol. The number of hydrogen-bond acceptors (Lipinski definition) is 3. The largest absolute Gasteiger partial charge is 0.483 e. The van der Waals surface area contributed by atoms with Crippen LogP contribution in [0.15, 0.2) is 35.3 Å². The Kier molecular flexibility index (Phi) is 4.08. The van der Waals surface area contributed by atoms with Gasteiger partial charge in [-0.05, 0) is 27.6 Å². The number of ether oxygens (including phenoxy) is 1. The number of aromatic nitrogens is 3. The van der Waals surface area contributed by atoms with Crippen molar-refractivity contribution in [2.75, 3.05) is 6.61 Å². The van der Waals surface area contributed by atoms with Gasteiger partial charge in [0.2, 0.25) is 0 Å². The molecule has 1 aromatic heterocycles. The lowest BCUT2D eigenvalue weighted by atomic mass is 10.2. The summed E-state index contributed by atoms with van der Waals surface area (Å²) in [4.78, 5) is 3.80. The maximum atomic E-state index is 12.1. The van der Waals surface area contributed by atoms with Gasteiger partial charge in [-0.15, -0.1) is 0 Å². The minimum Gasteiger partial charge on any atom is -0.483 e. The van der Waals surface area contributed by atoms with Crippen molar-refractivity contribution in [2.45, 2.75) is 12.7 Å². The van der Waals surface area contributed by atoms with Gasteiger partial charge in [-0.25, -0.2) is 9.67 Å². The molecule has 0 fully saturated rings. The van der Waals surface area contributed by atoms with E-state index < -0.39 is 12.8 Å². The summed E-state index contributed by atoms with van der Waals surface area (Å²) in [6.07, 6.45) is -1.45. The number of rotatable bonds is 4. The second-order valence-electron chi connectivity index (χ2n) is 3.73. The maximum Gasteiger partial charge on any atom is 0.422 e. The van der Waals surface area contributed by atoms with Gasteiger partial charge < -0.3 is 4.74 Å². The molecule has 0 atom stereocenters. The average molecular weight is 336 g/mol. The molecule has 0 radical (unpaired) electrons. The van der Waals surface area contributed by atoms with E-state index in [2.05, 4.69) is 26.0 Å². The second-order valence-corrected chi connectivity index (χ2v) is 4.52. The predicted molar refractivity (Wildman–Crippen MR) is 64.8 cm³/mol. The summed E-state index contributed by atoms with van der Waals surface area (Å²) in [7, 11) is 0. The first-order valence-electron chi connectivity index (χ1n) is 5.25. The van der Waals surface area contributed by atoms with Crippen LogP contribution >= 0.6 is 15.9 Å². The van der Waals surface area contributed by atoms with E-state index in [1.807, 2.05) is 0 Å². The van der Waals surface area contributed by atoms with Crippen molar-refractivity contribution in [1.29, 1.82) is 0 Å². The van der Waals surface area contributed by atoms with Gasteiger partial charge in [0.05, 0.1) is 11.0 Å². The highest BCUT2D eigenvalue weighted by molar-refractivity contribution is 9.10. The lowest BCUT2D eigenvalue weighted by Gasteiger charge is -2.13. The Bertz CT molecular complexity index is 543. The molecule has 19 heavy (non-hydrogen) atoms. The van der Waals surface area contributed by atoms with Crippen LogP contribution in [0.4, 0.5) is 13.2 Å². The van der Waals surface area contributed by atoms with Crippen molar-refractivity contribution in [3.05, 3.63) is 40.9 Å². The van der Waals surface area contributed by atoms with E-state index in [4.69, 9.17) is 4.74 Å². The van der Waals surface area contributed by atoms with Crippen LogP contribution in [0.25, 0.3) is 0 Å². The van der Waals surface area contributed by atoms with E-state index in [1.54, 1.807) is 16.8 Å². The number of alkyl halides is 3. The van der Waals surface area contributed by atoms with Crippen molar-refractivity contribution >= 4 is 15.9 Å². The Hall–Kier alpha value is -1.57. The molecule has 0 aliphatic heterocycles. The molecule has 0 saturated heterocycles. The van der Waals surface area contributed by atoms with E-state index in [0.29, 0.717) is 11.0 Å². The van der Waals surface area contributed by atoms with Gasteiger partial charge in [-0.1, -0.05) is 12.1 Å². The van der Waals surface area contributed by atoms with Crippen molar-refractivity contribution in [3.8, 4) is 5.75 Å². The summed E-state index contributed by atoms with van der Waals surface area (Å²) in [6, 6.07) is 4.87. The van der Waals surface area contributed by atoms with Crippen LogP contribution < -0.4 is 4.74 Å². The smallest absolute Gasteiger partial charge is 0.422 e. The van der Waals surface area contributed by atoms with Crippen LogP contribution in [-0.2, 0) is 6.54 Å². The standard InChI is InChI=1S/C11H9BrF3N3O/c12-10-8(4-18-7-16-6-17-18)2-1-3-9(10)19-5-11(13,14)15/h1-3,6-7H,4-5H2. The minimum absolute atomic E-state index is 0.148. The quantitative estimate of drug-likeness (QED) is 0.862. The van der Waals surface area contributed by atoms with E-state index in [1.165, 1.54) is 18.7 Å². The lowest BCUT2D eigenvalue weighted by Crippen LogP contribution is -2.19. The molecule has 0 bridgehead atoms. The first-order chi connectivity index (χ1) is 8.96. The first kappa shape index (κ1) is 13.9. The number of hydrogen-bond donors (Lipinski definition) is 0. The van der Waals surface area contributed by atoms with E-state index in [-0.39, 0.29) is 5.75 Å². The Labute approximate surface area is 115 Å². The van der Waals surface area contributed by atoms with Gasteiger partial charge in [0.15, 0.2) is 6.61 Å². The molecule has 1 heterocycles. The third-order valence-corrected chi connectivity index (χ3v) is 3.13. The van der Waals surface area contributed by atoms with Crippen LogP contribution in [-0.4, -0.2) is 27.5 Å². The second kappa shape index (κ2) is 5.60. The average Bonchev–Trinajstić information content (AvgIpc) is 2.82.